The lowest BCUT2D eigenvalue weighted by atomic mass is 10.0. The molecule has 1 atom stereocenters. The maximum atomic E-state index is 12.7. The van der Waals surface area contributed by atoms with Gasteiger partial charge in [-0.1, -0.05) is 61.5 Å². The number of piperidine rings is 1. The van der Waals surface area contributed by atoms with E-state index in [4.69, 9.17) is 4.74 Å². The van der Waals surface area contributed by atoms with Gasteiger partial charge in [-0.2, -0.15) is 0 Å². The highest BCUT2D eigenvalue weighted by atomic mass is 79.9. The number of ether oxygens (including phenoxy) is 1. The fourth-order valence-electron chi connectivity index (χ4n) is 4.00. The molecule has 0 aromatic heterocycles. The van der Waals surface area contributed by atoms with Gasteiger partial charge in [0.1, 0.15) is 17.6 Å². The summed E-state index contributed by atoms with van der Waals surface area (Å²) in [7, 11) is 5.05. The summed E-state index contributed by atoms with van der Waals surface area (Å²) in [6.07, 6.45) is 12.4. The molecule has 214 valence electrons. The monoisotopic (exact) mass is 609 g/mol. The van der Waals surface area contributed by atoms with Crippen molar-refractivity contribution >= 4 is 39.1 Å². The topological polar surface area (TPSA) is 53.1 Å². The average molecular weight is 611 g/mol. The van der Waals surface area contributed by atoms with Gasteiger partial charge in [-0.05, 0) is 63.5 Å². The molecule has 6 nitrogen and oxygen atoms in total. The number of hydrogen-bond acceptors (Lipinski definition) is 5. The molecule has 1 saturated heterocycles. The molecule has 1 heterocycles. The van der Waals surface area contributed by atoms with E-state index >= 15 is 0 Å². The van der Waals surface area contributed by atoms with Crippen LogP contribution in [-0.2, 0) is 27.1 Å². The molecule has 0 N–H and O–H groups in total. The zero-order valence-electron chi connectivity index (χ0n) is 24.6. The summed E-state index contributed by atoms with van der Waals surface area (Å²) in [6, 6.07) is 6.37. The predicted octanol–water partition coefficient (Wildman–Crippen LogP) is 7.22. The summed E-state index contributed by atoms with van der Waals surface area (Å²) < 4.78 is 20.7. The highest BCUT2D eigenvalue weighted by Gasteiger charge is 2.27. The van der Waals surface area contributed by atoms with Gasteiger partial charge in [-0.15, -0.1) is 0 Å². The van der Waals surface area contributed by atoms with Gasteiger partial charge in [0.15, 0.2) is 0 Å². The molecular formula is C30H48BrN3O3S. The Balaban J connectivity index is 0.00000105. The molecule has 1 aromatic carbocycles. The van der Waals surface area contributed by atoms with Gasteiger partial charge in [0, 0.05) is 66.6 Å². The van der Waals surface area contributed by atoms with Crippen molar-refractivity contribution in [2.45, 2.75) is 66.5 Å². The Kier molecular flexibility index (Phi) is 19.6. The molecule has 1 aliphatic rings. The minimum Gasteiger partial charge on any atom is -0.463 e. The molecule has 0 amide bonds. The number of carbonyl (C=O) groups is 1. The van der Waals surface area contributed by atoms with Gasteiger partial charge in [0.25, 0.3) is 6.47 Å². The molecule has 0 spiro atoms. The second-order valence-electron chi connectivity index (χ2n) is 8.53. The number of anilines is 1. The van der Waals surface area contributed by atoms with Crippen LogP contribution in [0.2, 0.25) is 0 Å². The van der Waals surface area contributed by atoms with E-state index in [1.165, 1.54) is 5.70 Å². The van der Waals surface area contributed by atoms with Crippen LogP contribution >= 0.6 is 15.9 Å². The molecule has 1 fully saturated rings. The summed E-state index contributed by atoms with van der Waals surface area (Å²) in [5.41, 5.74) is 3.27. The smallest absolute Gasteiger partial charge is 0.293 e. The molecular weight excluding hydrogens is 562 g/mol. The number of likely N-dealkylation sites (N-methyl/N-ethyl adjacent to an activating group) is 1. The maximum absolute atomic E-state index is 12.7. The van der Waals surface area contributed by atoms with Crippen LogP contribution in [0.3, 0.4) is 0 Å². The zero-order valence-corrected chi connectivity index (χ0v) is 27.0. The Morgan fingerprint density at radius 2 is 1.84 bits per heavy atom. The van der Waals surface area contributed by atoms with Gasteiger partial charge in [0.2, 0.25) is 0 Å². The first kappa shape index (κ1) is 35.8. The van der Waals surface area contributed by atoms with Crippen molar-refractivity contribution in [3.05, 3.63) is 75.8 Å². The van der Waals surface area contributed by atoms with Gasteiger partial charge < -0.3 is 14.5 Å². The Bertz CT molecular complexity index is 952. The van der Waals surface area contributed by atoms with E-state index in [1.807, 2.05) is 83.4 Å². The number of rotatable bonds is 11. The fourth-order valence-corrected chi connectivity index (χ4v) is 5.74. The van der Waals surface area contributed by atoms with Crippen molar-refractivity contribution < 1.29 is 13.7 Å². The van der Waals surface area contributed by atoms with E-state index in [-0.39, 0.29) is 6.61 Å². The molecule has 0 radical (unpaired) electrons. The normalized spacial score (nSPS) is 15.5. The minimum atomic E-state index is -1.09. The standard InChI is InChI=1S/C20H27BrN2O3S.C8H15N.C2H6/c1-4-6-19(5-2)27(25)23-11-9-18(10-12-23)22(3)20-8-7-17(21)13-16(20)14-26-15-24;1-5-7-8(6-2)9(3)4;1-2/h4,6-8,13,15,18H,1,5,9-12,14H2,2-3H3;5-7H,1-4H3;1-2H3/b19-6-;7-5+,8-6+;. The van der Waals surface area contributed by atoms with Gasteiger partial charge >= 0.3 is 0 Å². The Morgan fingerprint density at radius 1 is 1.21 bits per heavy atom. The first-order valence-corrected chi connectivity index (χ1v) is 15.1. The zero-order chi connectivity index (χ0) is 29.1. The lowest BCUT2D eigenvalue weighted by molar-refractivity contribution is -0.129. The SMILES string of the molecule is C/C=C/C(=C\C)N(C)C.C=C/C=C(/CC)S(=O)N1CCC(N(C)c2ccc(Br)cc2COC=O)CC1.CC. The van der Waals surface area contributed by atoms with Crippen molar-refractivity contribution in [3.8, 4) is 0 Å². The molecule has 1 aromatic rings. The number of benzene rings is 1. The molecule has 2 rings (SSSR count). The second kappa shape index (κ2) is 20.8. The molecule has 0 bridgehead atoms. The summed E-state index contributed by atoms with van der Waals surface area (Å²) in [5.74, 6) is 0. The third-order valence-corrected chi connectivity index (χ3v) is 8.16. The van der Waals surface area contributed by atoms with Crippen molar-refractivity contribution in [2.75, 3.05) is 39.1 Å². The van der Waals surface area contributed by atoms with Crippen molar-refractivity contribution in [3.63, 3.8) is 0 Å². The lowest BCUT2D eigenvalue weighted by Crippen LogP contribution is -2.44. The number of nitrogens with zero attached hydrogens (tertiary/aromatic N) is 3. The second-order valence-corrected chi connectivity index (χ2v) is 11.0. The largest absolute Gasteiger partial charge is 0.463 e. The van der Waals surface area contributed by atoms with Crippen LogP contribution in [0.25, 0.3) is 0 Å². The van der Waals surface area contributed by atoms with Gasteiger partial charge in [-0.25, -0.2) is 8.51 Å². The predicted molar refractivity (Wildman–Crippen MR) is 168 cm³/mol. The van der Waals surface area contributed by atoms with E-state index in [0.29, 0.717) is 12.5 Å². The summed E-state index contributed by atoms with van der Waals surface area (Å²) in [4.78, 5) is 15.8. The van der Waals surface area contributed by atoms with Crippen LogP contribution in [0.5, 0.6) is 0 Å². The molecule has 38 heavy (non-hydrogen) atoms. The molecule has 1 aliphatic heterocycles. The van der Waals surface area contributed by atoms with Crippen molar-refractivity contribution in [2.24, 2.45) is 0 Å². The highest BCUT2D eigenvalue weighted by molar-refractivity contribution is 9.10. The Hall–Kier alpha value is -2.16. The number of allylic oxidation sites excluding steroid dienone is 6. The summed E-state index contributed by atoms with van der Waals surface area (Å²) in [6.45, 7) is 16.1. The van der Waals surface area contributed by atoms with Crippen LogP contribution in [0, 0.1) is 0 Å². The minimum absolute atomic E-state index is 0.248. The first-order chi connectivity index (χ1) is 18.2. The van der Waals surface area contributed by atoms with Crippen LogP contribution in [0.15, 0.2) is 70.2 Å². The summed E-state index contributed by atoms with van der Waals surface area (Å²) >= 11 is 3.47. The van der Waals surface area contributed by atoms with Crippen LogP contribution in [0.1, 0.15) is 59.4 Å². The van der Waals surface area contributed by atoms with E-state index in [0.717, 1.165) is 53.0 Å². The van der Waals surface area contributed by atoms with Crippen LogP contribution in [0.4, 0.5) is 5.69 Å². The quantitative estimate of drug-likeness (QED) is 0.196. The van der Waals surface area contributed by atoms with E-state index < -0.39 is 11.0 Å². The van der Waals surface area contributed by atoms with E-state index in [1.54, 1.807) is 6.08 Å². The van der Waals surface area contributed by atoms with Crippen molar-refractivity contribution in [1.82, 2.24) is 9.21 Å². The highest BCUT2D eigenvalue weighted by Crippen LogP contribution is 2.29. The third kappa shape index (κ3) is 12.1. The Labute approximate surface area is 242 Å². The molecule has 0 aliphatic carbocycles. The number of halogens is 1. The van der Waals surface area contributed by atoms with Gasteiger partial charge in [-0.3, -0.25) is 4.79 Å². The number of hydrogen-bond donors (Lipinski definition) is 0. The van der Waals surface area contributed by atoms with E-state index in [9.17, 15) is 9.00 Å². The molecule has 8 heteroatoms. The average Bonchev–Trinajstić information content (AvgIpc) is 2.94. The summed E-state index contributed by atoms with van der Waals surface area (Å²) in [5, 5.41) is 0. The number of carbonyl (C=O) groups excluding carboxylic acids is 1. The Morgan fingerprint density at radius 3 is 2.29 bits per heavy atom. The van der Waals surface area contributed by atoms with Crippen LogP contribution in [-0.4, -0.2) is 60.2 Å². The van der Waals surface area contributed by atoms with Gasteiger partial charge in [0.05, 0.1) is 0 Å². The third-order valence-electron chi connectivity index (χ3n) is 5.96. The molecule has 1 unspecified atom stereocenters. The first-order valence-electron chi connectivity index (χ1n) is 13.2. The van der Waals surface area contributed by atoms with Crippen molar-refractivity contribution in [1.29, 1.82) is 0 Å². The molecule has 0 saturated carbocycles. The maximum Gasteiger partial charge on any atom is 0.293 e. The fraction of sp³-hybridized carbons (Fsp3) is 0.500. The van der Waals surface area contributed by atoms with Crippen LogP contribution < -0.4 is 4.90 Å². The van der Waals surface area contributed by atoms with E-state index in [2.05, 4.69) is 51.5 Å². The lowest BCUT2D eigenvalue weighted by Gasteiger charge is -2.38.